The zero-order valence-corrected chi connectivity index (χ0v) is 10.2. The monoisotopic (exact) mass is 210 g/mol. The van der Waals surface area contributed by atoms with Crippen LogP contribution in [0, 0.1) is 11.8 Å². The van der Waals surface area contributed by atoms with Crippen LogP contribution in [0.15, 0.2) is 24.5 Å². The van der Waals surface area contributed by atoms with Crippen molar-refractivity contribution >= 4 is 5.97 Å². The van der Waals surface area contributed by atoms with Crippen LogP contribution in [-0.4, -0.2) is 5.97 Å². The van der Waals surface area contributed by atoms with Gasteiger partial charge in [0.1, 0.15) is 0 Å². The average Bonchev–Trinajstić information content (AvgIpc) is 2.17. The molecule has 0 radical (unpaired) electrons. The third kappa shape index (κ3) is 9.26. The second-order valence-corrected chi connectivity index (χ2v) is 4.09. The zero-order valence-electron chi connectivity index (χ0n) is 10.2. The third-order valence-electron chi connectivity index (χ3n) is 1.92. The van der Waals surface area contributed by atoms with Crippen LogP contribution in [0.3, 0.4) is 0 Å². The molecule has 0 saturated carbocycles. The van der Waals surface area contributed by atoms with Crippen molar-refractivity contribution in [2.24, 2.45) is 11.8 Å². The fourth-order valence-electron chi connectivity index (χ4n) is 0.952. The summed E-state index contributed by atoms with van der Waals surface area (Å²) in [5.74, 6) is 0.813. The van der Waals surface area contributed by atoms with E-state index in [9.17, 15) is 4.79 Å². The Kier molecular flexibility index (Phi) is 7.69. The molecule has 0 aliphatic heterocycles. The number of hydrogen-bond acceptors (Lipinski definition) is 2. The van der Waals surface area contributed by atoms with Gasteiger partial charge in [0.15, 0.2) is 0 Å². The van der Waals surface area contributed by atoms with Crippen molar-refractivity contribution in [3.05, 3.63) is 24.5 Å². The van der Waals surface area contributed by atoms with Gasteiger partial charge in [-0.2, -0.15) is 0 Å². The fraction of sp³-hybridized carbons (Fsp3) is 0.615. The van der Waals surface area contributed by atoms with Crippen LogP contribution >= 0.6 is 0 Å². The number of rotatable bonds is 6. The molecule has 2 nitrogen and oxygen atoms in total. The predicted octanol–water partition coefficient (Wildman–Crippen LogP) is 3.69. The first kappa shape index (κ1) is 13.9. The van der Waals surface area contributed by atoms with Crippen LogP contribution in [0.5, 0.6) is 0 Å². The second kappa shape index (κ2) is 8.27. The lowest BCUT2D eigenvalue weighted by Gasteiger charge is -2.00. The van der Waals surface area contributed by atoms with Crippen molar-refractivity contribution in [2.45, 2.75) is 40.5 Å². The maximum absolute atomic E-state index is 10.8. The van der Waals surface area contributed by atoms with E-state index in [0.717, 1.165) is 6.42 Å². The molecule has 1 atom stereocenters. The van der Waals surface area contributed by atoms with Crippen LogP contribution in [0.25, 0.3) is 0 Å². The Hall–Kier alpha value is -1.05. The van der Waals surface area contributed by atoms with E-state index < -0.39 is 0 Å². The molecule has 86 valence electrons. The van der Waals surface area contributed by atoms with Gasteiger partial charge in [-0.1, -0.05) is 39.8 Å². The molecule has 0 heterocycles. The van der Waals surface area contributed by atoms with Crippen LogP contribution in [0.2, 0.25) is 0 Å². The Balaban J connectivity index is 3.77. The summed E-state index contributed by atoms with van der Waals surface area (Å²) >= 11 is 0. The molecule has 0 fully saturated rings. The number of carbonyl (C=O) groups is 1. The number of allylic oxidation sites excluding steroid dienone is 3. The van der Waals surface area contributed by atoms with Gasteiger partial charge in [0.25, 0.3) is 0 Å². The van der Waals surface area contributed by atoms with Gasteiger partial charge in [0.2, 0.25) is 0 Å². The zero-order chi connectivity index (χ0) is 11.7. The Bertz CT molecular complexity index is 227. The minimum Gasteiger partial charge on any atom is -0.435 e. The molecule has 0 aliphatic carbocycles. The second-order valence-electron chi connectivity index (χ2n) is 4.09. The van der Waals surface area contributed by atoms with E-state index in [4.69, 9.17) is 4.74 Å². The summed E-state index contributed by atoms with van der Waals surface area (Å²) in [6.07, 6.45) is 9.16. The van der Waals surface area contributed by atoms with Crippen molar-refractivity contribution in [3.8, 4) is 0 Å². The fourth-order valence-corrected chi connectivity index (χ4v) is 0.952. The van der Waals surface area contributed by atoms with Gasteiger partial charge in [-0.05, 0) is 24.3 Å². The highest BCUT2D eigenvalue weighted by Crippen LogP contribution is 2.05. The first-order chi connectivity index (χ1) is 7.06. The smallest absolute Gasteiger partial charge is 0.310 e. The van der Waals surface area contributed by atoms with Gasteiger partial charge in [-0.3, -0.25) is 4.79 Å². The van der Waals surface area contributed by atoms with Crippen molar-refractivity contribution in [2.75, 3.05) is 0 Å². The summed E-state index contributed by atoms with van der Waals surface area (Å²) in [5, 5.41) is 0. The first-order valence-corrected chi connectivity index (χ1v) is 5.59. The molecule has 0 aromatic rings. The summed E-state index contributed by atoms with van der Waals surface area (Å²) in [6.45, 7) is 8.22. The number of ether oxygens (including phenoxy) is 1. The Morgan fingerprint density at radius 2 is 1.93 bits per heavy atom. The Labute approximate surface area is 93.0 Å². The highest BCUT2D eigenvalue weighted by molar-refractivity contribution is 5.69. The Morgan fingerprint density at radius 3 is 2.47 bits per heavy atom. The third-order valence-corrected chi connectivity index (χ3v) is 1.92. The molecule has 0 N–H and O–H groups in total. The predicted molar refractivity (Wildman–Crippen MR) is 63.3 cm³/mol. The summed E-state index contributed by atoms with van der Waals surface area (Å²) in [5.41, 5.74) is 0. The molecule has 0 aromatic carbocycles. The van der Waals surface area contributed by atoms with Crippen molar-refractivity contribution in [3.63, 3.8) is 0 Å². The minimum atomic E-state index is -0.190. The summed E-state index contributed by atoms with van der Waals surface area (Å²) in [4.78, 5) is 10.8. The molecule has 0 aromatic heterocycles. The molecule has 0 saturated heterocycles. The molecule has 2 heteroatoms. The van der Waals surface area contributed by atoms with E-state index in [1.807, 2.05) is 6.08 Å². The molecule has 0 spiro atoms. The largest absolute Gasteiger partial charge is 0.435 e. The van der Waals surface area contributed by atoms with Crippen LogP contribution in [-0.2, 0) is 9.53 Å². The highest BCUT2D eigenvalue weighted by atomic mass is 16.5. The van der Waals surface area contributed by atoms with E-state index in [-0.39, 0.29) is 5.97 Å². The highest BCUT2D eigenvalue weighted by Gasteiger charge is 1.95. The molecular formula is C13H22O2. The van der Waals surface area contributed by atoms with Crippen molar-refractivity contribution in [1.29, 1.82) is 0 Å². The topological polar surface area (TPSA) is 26.3 Å². The molecule has 0 aliphatic rings. The molecule has 0 bridgehead atoms. The number of hydrogen-bond donors (Lipinski definition) is 0. The van der Waals surface area contributed by atoms with Crippen molar-refractivity contribution in [1.82, 2.24) is 0 Å². The number of carbonyl (C=O) groups excluding carboxylic acids is 1. The standard InChI is InChI=1S/C13H22O2/c1-5-13(14)15-10-9-12(4)8-6-7-11(2)3/h6,8-12H,5,7H2,1-4H3/b8-6+,10-9+. The summed E-state index contributed by atoms with van der Waals surface area (Å²) in [7, 11) is 0. The van der Waals surface area contributed by atoms with Gasteiger partial charge >= 0.3 is 5.97 Å². The van der Waals surface area contributed by atoms with E-state index in [1.165, 1.54) is 6.26 Å². The maximum Gasteiger partial charge on any atom is 0.310 e. The van der Waals surface area contributed by atoms with Gasteiger partial charge in [-0.15, -0.1) is 0 Å². The minimum absolute atomic E-state index is 0.190. The maximum atomic E-state index is 10.8. The van der Waals surface area contributed by atoms with E-state index >= 15 is 0 Å². The van der Waals surface area contributed by atoms with Crippen LogP contribution in [0.4, 0.5) is 0 Å². The lowest BCUT2D eigenvalue weighted by Crippen LogP contribution is -1.96. The van der Waals surface area contributed by atoms with Gasteiger partial charge < -0.3 is 4.74 Å². The normalized spacial score (nSPS) is 13.9. The van der Waals surface area contributed by atoms with E-state index in [0.29, 0.717) is 18.3 Å². The summed E-state index contributed by atoms with van der Waals surface area (Å²) < 4.78 is 4.84. The molecule has 0 rings (SSSR count). The molecule has 0 amide bonds. The van der Waals surface area contributed by atoms with Gasteiger partial charge in [0, 0.05) is 6.42 Å². The van der Waals surface area contributed by atoms with E-state index in [2.05, 4.69) is 32.9 Å². The lowest BCUT2D eigenvalue weighted by molar-refractivity contribution is -0.137. The quantitative estimate of drug-likeness (QED) is 0.379. The van der Waals surface area contributed by atoms with Crippen LogP contribution in [0.1, 0.15) is 40.5 Å². The van der Waals surface area contributed by atoms with Crippen LogP contribution < -0.4 is 0 Å². The lowest BCUT2D eigenvalue weighted by atomic mass is 10.1. The SMILES string of the molecule is CCC(=O)O/C=C/C(C)/C=C/CC(C)C. The van der Waals surface area contributed by atoms with Gasteiger partial charge in [0.05, 0.1) is 6.26 Å². The van der Waals surface area contributed by atoms with Crippen molar-refractivity contribution < 1.29 is 9.53 Å². The van der Waals surface area contributed by atoms with E-state index in [1.54, 1.807) is 6.92 Å². The van der Waals surface area contributed by atoms with Gasteiger partial charge in [-0.25, -0.2) is 0 Å². The Morgan fingerprint density at radius 1 is 1.27 bits per heavy atom. The molecule has 1 unspecified atom stereocenters. The molecule has 15 heavy (non-hydrogen) atoms. The first-order valence-electron chi connectivity index (χ1n) is 5.59. The number of esters is 1. The molecular weight excluding hydrogens is 188 g/mol. The summed E-state index contributed by atoms with van der Waals surface area (Å²) in [6, 6.07) is 0. The average molecular weight is 210 g/mol.